The summed E-state index contributed by atoms with van der Waals surface area (Å²) >= 11 is 2.05. The van der Waals surface area contributed by atoms with Crippen LogP contribution in [-0.4, -0.2) is 27.0 Å². The van der Waals surface area contributed by atoms with Crippen molar-refractivity contribution in [3.05, 3.63) is 18.2 Å². The Morgan fingerprint density at radius 2 is 2.37 bits per heavy atom. The Kier molecular flexibility index (Phi) is 3.55. The average molecular weight is 276 g/mol. The smallest absolute Gasteiger partial charge is 0.201 e. The lowest BCUT2D eigenvalue weighted by Crippen LogP contribution is -2.26. The quantitative estimate of drug-likeness (QED) is 0.750. The number of hydrogen-bond donors (Lipinski definition) is 3. The fourth-order valence-corrected chi connectivity index (χ4v) is 3.97. The number of benzene rings is 1. The number of aromatic amines is 1. The van der Waals surface area contributed by atoms with Crippen molar-refractivity contribution in [3.63, 3.8) is 0 Å². The second-order valence-electron chi connectivity index (χ2n) is 5.04. The maximum atomic E-state index is 5.79. The second kappa shape index (κ2) is 5.33. The van der Waals surface area contributed by atoms with Gasteiger partial charge in [-0.25, -0.2) is 4.98 Å². The van der Waals surface area contributed by atoms with Gasteiger partial charge in [-0.2, -0.15) is 11.8 Å². The molecule has 1 aliphatic carbocycles. The van der Waals surface area contributed by atoms with Crippen LogP contribution in [0.1, 0.15) is 26.2 Å². The topological polar surface area (TPSA) is 66.7 Å². The number of nitrogen functional groups attached to an aromatic ring is 1. The van der Waals surface area contributed by atoms with Crippen LogP contribution in [0.25, 0.3) is 11.0 Å². The number of rotatable bonds is 4. The van der Waals surface area contributed by atoms with Crippen LogP contribution in [0, 0.1) is 0 Å². The van der Waals surface area contributed by atoms with E-state index in [1.807, 2.05) is 18.2 Å². The van der Waals surface area contributed by atoms with Gasteiger partial charge in [0.25, 0.3) is 0 Å². The molecule has 0 radical (unpaired) electrons. The largest absolute Gasteiger partial charge is 0.399 e. The van der Waals surface area contributed by atoms with Gasteiger partial charge in [0.2, 0.25) is 5.95 Å². The van der Waals surface area contributed by atoms with E-state index in [1.54, 1.807) is 0 Å². The number of nitrogens with zero attached hydrogens (tertiary/aromatic N) is 1. The van der Waals surface area contributed by atoms with E-state index in [0.29, 0.717) is 11.3 Å². The van der Waals surface area contributed by atoms with Crippen LogP contribution in [0.4, 0.5) is 11.6 Å². The van der Waals surface area contributed by atoms with E-state index in [2.05, 4.69) is 34.0 Å². The highest BCUT2D eigenvalue weighted by molar-refractivity contribution is 7.99. The van der Waals surface area contributed by atoms with E-state index in [1.165, 1.54) is 25.0 Å². The fourth-order valence-electron chi connectivity index (χ4n) is 2.78. The van der Waals surface area contributed by atoms with Crippen molar-refractivity contribution in [2.24, 2.45) is 0 Å². The van der Waals surface area contributed by atoms with Crippen LogP contribution < -0.4 is 11.1 Å². The highest BCUT2D eigenvalue weighted by Gasteiger charge is 2.27. The molecule has 0 amide bonds. The maximum absolute atomic E-state index is 5.79. The standard InChI is InChI=1S/C14H20N4S/c1-2-19-13-5-3-4-11(13)17-14-16-10-7-6-9(15)8-12(10)18-14/h6-8,11,13H,2-5,15H2,1H3,(H2,16,17,18). The minimum atomic E-state index is 0.530. The first-order chi connectivity index (χ1) is 9.26. The molecule has 2 atom stereocenters. The van der Waals surface area contributed by atoms with Gasteiger partial charge in [-0.3, -0.25) is 0 Å². The number of hydrogen-bond acceptors (Lipinski definition) is 4. The summed E-state index contributed by atoms with van der Waals surface area (Å²) in [6.07, 6.45) is 3.85. The average Bonchev–Trinajstić information content (AvgIpc) is 2.97. The molecule has 1 aliphatic rings. The van der Waals surface area contributed by atoms with Gasteiger partial charge in [0.1, 0.15) is 0 Å². The Bertz CT molecular complexity index is 566. The highest BCUT2D eigenvalue weighted by Crippen LogP contribution is 2.32. The zero-order chi connectivity index (χ0) is 13.2. The second-order valence-corrected chi connectivity index (χ2v) is 6.55. The number of nitrogens with two attached hydrogens (primary N) is 1. The first kappa shape index (κ1) is 12.7. The normalized spacial score (nSPS) is 23.0. The molecule has 0 aliphatic heterocycles. The zero-order valence-corrected chi connectivity index (χ0v) is 12.0. The van der Waals surface area contributed by atoms with Gasteiger partial charge in [-0.1, -0.05) is 13.3 Å². The van der Waals surface area contributed by atoms with Crippen LogP contribution in [0.3, 0.4) is 0 Å². The molecule has 2 unspecified atom stereocenters. The van der Waals surface area contributed by atoms with E-state index in [-0.39, 0.29) is 0 Å². The van der Waals surface area contributed by atoms with Gasteiger partial charge in [0.05, 0.1) is 11.0 Å². The molecule has 1 aromatic heterocycles. The lowest BCUT2D eigenvalue weighted by molar-refractivity contribution is 0.759. The van der Waals surface area contributed by atoms with Crippen molar-refractivity contribution in [3.8, 4) is 0 Å². The van der Waals surface area contributed by atoms with Crippen molar-refractivity contribution in [2.45, 2.75) is 37.5 Å². The predicted molar refractivity (Wildman–Crippen MR) is 83.7 cm³/mol. The molecular weight excluding hydrogens is 256 g/mol. The molecule has 3 rings (SSSR count). The molecule has 102 valence electrons. The van der Waals surface area contributed by atoms with Gasteiger partial charge < -0.3 is 16.0 Å². The van der Waals surface area contributed by atoms with Crippen LogP contribution in [0.2, 0.25) is 0 Å². The van der Waals surface area contributed by atoms with Crippen LogP contribution in [-0.2, 0) is 0 Å². The van der Waals surface area contributed by atoms with Crippen molar-refractivity contribution in [1.82, 2.24) is 9.97 Å². The summed E-state index contributed by atoms with van der Waals surface area (Å²) in [4.78, 5) is 7.89. The van der Waals surface area contributed by atoms with E-state index in [4.69, 9.17) is 5.73 Å². The minimum Gasteiger partial charge on any atom is -0.399 e. The van der Waals surface area contributed by atoms with Crippen molar-refractivity contribution in [2.75, 3.05) is 16.8 Å². The molecule has 4 N–H and O–H groups in total. The predicted octanol–water partition coefficient (Wildman–Crippen LogP) is 3.23. The van der Waals surface area contributed by atoms with Crippen molar-refractivity contribution < 1.29 is 0 Å². The monoisotopic (exact) mass is 276 g/mol. The van der Waals surface area contributed by atoms with Crippen molar-refractivity contribution in [1.29, 1.82) is 0 Å². The Morgan fingerprint density at radius 3 is 3.21 bits per heavy atom. The molecule has 0 saturated heterocycles. The maximum Gasteiger partial charge on any atom is 0.201 e. The van der Waals surface area contributed by atoms with Crippen molar-refractivity contribution >= 4 is 34.4 Å². The first-order valence-corrected chi connectivity index (χ1v) is 7.94. The molecule has 1 aromatic carbocycles. The molecule has 19 heavy (non-hydrogen) atoms. The zero-order valence-electron chi connectivity index (χ0n) is 11.1. The third-order valence-corrected chi connectivity index (χ3v) is 4.99. The molecule has 2 aromatic rings. The lowest BCUT2D eigenvalue weighted by atomic mass is 10.2. The highest BCUT2D eigenvalue weighted by atomic mass is 32.2. The SMILES string of the molecule is CCSC1CCCC1Nc1nc2ccc(N)cc2[nH]1. The van der Waals surface area contributed by atoms with Crippen LogP contribution >= 0.6 is 11.8 Å². The van der Waals surface area contributed by atoms with Gasteiger partial charge in [0.15, 0.2) is 0 Å². The first-order valence-electron chi connectivity index (χ1n) is 6.89. The van der Waals surface area contributed by atoms with Gasteiger partial charge in [-0.15, -0.1) is 0 Å². The van der Waals surface area contributed by atoms with E-state index < -0.39 is 0 Å². The summed E-state index contributed by atoms with van der Waals surface area (Å²) in [7, 11) is 0. The molecule has 5 heteroatoms. The Morgan fingerprint density at radius 1 is 1.47 bits per heavy atom. The molecule has 1 fully saturated rings. The van der Waals surface area contributed by atoms with Crippen LogP contribution in [0.5, 0.6) is 0 Å². The summed E-state index contributed by atoms with van der Waals surface area (Å²) in [6.45, 7) is 2.23. The Hall–Kier alpha value is -1.36. The third-order valence-electron chi connectivity index (χ3n) is 3.66. The number of aromatic nitrogens is 2. The number of imidazole rings is 1. The number of nitrogens with one attached hydrogen (secondary N) is 2. The summed E-state index contributed by atoms with van der Waals surface area (Å²) in [5, 5.41) is 4.27. The van der Waals surface area contributed by atoms with E-state index >= 15 is 0 Å². The van der Waals surface area contributed by atoms with Gasteiger partial charge >= 0.3 is 0 Å². The van der Waals surface area contributed by atoms with E-state index in [0.717, 1.165) is 22.7 Å². The summed E-state index contributed by atoms with van der Waals surface area (Å²) in [5.41, 5.74) is 8.52. The molecule has 0 spiro atoms. The van der Waals surface area contributed by atoms with Gasteiger partial charge in [0, 0.05) is 17.0 Å². The number of fused-ring (bicyclic) bond motifs is 1. The molecule has 4 nitrogen and oxygen atoms in total. The van der Waals surface area contributed by atoms with Gasteiger partial charge in [-0.05, 0) is 36.8 Å². The molecule has 1 saturated carbocycles. The summed E-state index contributed by atoms with van der Waals surface area (Å²) in [5.74, 6) is 2.05. The number of thioether (sulfide) groups is 1. The Labute approximate surface area is 117 Å². The third kappa shape index (κ3) is 2.66. The van der Waals surface area contributed by atoms with Crippen LogP contribution in [0.15, 0.2) is 18.2 Å². The lowest BCUT2D eigenvalue weighted by Gasteiger charge is -2.19. The van der Waals surface area contributed by atoms with E-state index in [9.17, 15) is 0 Å². The molecule has 1 heterocycles. The number of H-pyrrole nitrogens is 1. The Balaban J connectivity index is 1.77. The summed E-state index contributed by atoms with van der Waals surface area (Å²) in [6, 6.07) is 6.31. The minimum absolute atomic E-state index is 0.530. The number of anilines is 2. The molecular formula is C14H20N4S. The summed E-state index contributed by atoms with van der Waals surface area (Å²) < 4.78 is 0. The molecule has 0 bridgehead atoms. The fraction of sp³-hybridized carbons (Fsp3) is 0.500.